The number of hydrogen-bond donors (Lipinski definition) is 2. The van der Waals surface area contributed by atoms with E-state index in [4.69, 9.17) is 0 Å². The summed E-state index contributed by atoms with van der Waals surface area (Å²) in [7, 11) is 1.81. The second kappa shape index (κ2) is 5.84. The molecule has 0 aliphatic heterocycles. The first-order valence-electron chi connectivity index (χ1n) is 5.64. The van der Waals surface area contributed by atoms with E-state index in [-0.39, 0.29) is 5.91 Å². The lowest BCUT2D eigenvalue weighted by Crippen LogP contribution is -2.11. The third kappa shape index (κ3) is 3.32. The standard InChI is InChI=1S/C14H12BrFN2O/c1-17-10-4-2-9(3-5-10)14(19)18-11-6-7-12(15)13(16)8-11/h2-8,17H,1H3,(H,18,19). The van der Waals surface area contributed by atoms with Gasteiger partial charge in [0.2, 0.25) is 0 Å². The molecule has 5 heteroatoms. The number of rotatable bonds is 3. The Morgan fingerprint density at radius 1 is 1.11 bits per heavy atom. The second-order valence-corrected chi connectivity index (χ2v) is 4.76. The molecule has 0 saturated carbocycles. The topological polar surface area (TPSA) is 41.1 Å². The fourth-order valence-corrected chi connectivity index (χ4v) is 1.81. The minimum Gasteiger partial charge on any atom is -0.388 e. The third-order valence-corrected chi connectivity index (χ3v) is 3.26. The molecule has 2 N–H and O–H groups in total. The fraction of sp³-hybridized carbons (Fsp3) is 0.0714. The molecule has 0 aromatic heterocycles. The van der Waals surface area contributed by atoms with Crippen molar-refractivity contribution < 1.29 is 9.18 Å². The molecule has 0 aliphatic carbocycles. The van der Waals surface area contributed by atoms with Gasteiger partial charge < -0.3 is 10.6 Å². The molecule has 0 saturated heterocycles. The Bertz CT molecular complexity index is 599. The van der Waals surface area contributed by atoms with Crippen LogP contribution in [0.15, 0.2) is 46.9 Å². The Kier molecular flexibility index (Phi) is 4.16. The summed E-state index contributed by atoms with van der Waals surface area (Å²) >= 11 is 3.06. The van der Waals surface area contributed by atoms with Gasteiger partial charge in [-0.25, -0.2) is 4.39 Å². The van der Waals surface area contributed by atoms with E-state index in [0.717, 1.165) is 5.69 Å². The van der Waals surface area contributed by atoms with Gasteiger partial charge >= 0.3 is 0 Å². The highest BCUT2D eigenvalue weighted by atomic mass is 79.9. The van der Waals surface area contributed by atoms with Crippen molar-refractivity contribution in [3.05, 3.63) is 58.3 Å². The number of halogens is 2. The summed E-state index contributed by atoms with van der Waals surface area (Å²) in [6.07, 6.45) is 0. The lowest BCUT2D eigenvalue weighted by Gasteiger charge is -2.07. The van der Waals surface area contributed by atoms with Crippen molar-refractivity contribution in [1.82, 2.24) is 0 Å². The zero-order valence-electron chi connectivity index (χ0n) is 10.2. The average molecular weight is 323 g/mol. The van der Waals surface area contributed by atoms with Crippen LogP contribution in [-0.2, 0) is 0 Å². The van der Waals surface area contributed by atoms with Crippen molar-refractivity contribution in [2.24, 2.45) is 0 Å². The molecular weight excluding hydrogens is 311 g/mol. The minimum atomic E-state index is -0.414. The maximum Gasteiger partial charge on any atom is 0.255 e. The van der Waals surface area contributed by atoms with Crippen molar-refractivity contribution in [3.63, 3.8) is 0 Å². The molecule has 3 nitrogen and oxygen atoms in total. The Morgan fingerprint density at radius 3 is 2.32 bits per heavy atom. The van der Waals surface area contributed by atoms with Crippen LogP contribution in [0.3, 0.4) is 0 Å². The minimum absolute atomic E-state index is 0.274. The zero-order valence-corrected chi connectivity index (χ0v) is 11.8. The summed E-state index contributed by atoms with van der Waals surface area (Å²) in [4.78, 5) is 11.9. The molecule has 2 aromatic rings. The van der Waals surface area contributed by atoms with Gasteiger partial charge in [-0.3, -0.25) is 4.79 Å². The van der Waals surface area contributed by atoms with E-state index in [2.05, 4.69) is 26.6 Å². The van der Waals surface area contributed by atoms with Crippen molar-refractivity contribution >= 4 is 33.2 Å². The summed E-state index contributed by atoms with van der Waals surface area (Å²) < 4.78 is 13.7. The summed E-state index contributed by atoms with van der Waals surface area (Å²) in [6, 6.07) is 11.5. The summed E-state index contributed by atoms with van der Waals surface area (Å²) in [5.41, 5.74) is 1.86. The fourth-order valence-electron chi connectivity index (χ4n) is 1.57. The summed E-state index contributed by atoms with van der Waals surface area (Å²) in [5.74, 6) is -0.687. The molecule has 0 bridgehead atoms. The summed E-state index contributed by atoms with van der Waals surface area (Å²) in [6.45, 7) is 0. The number of hydrogen-bond acceptors (Lipinski definition) is 2. The number of nitrogens with one attached hydrogen (secondary N) is 2. The molecule has 1 amide bonds. The first-order chi connectivity index (χ1) is 9.10. The number of carbonyl (C=O) groups excluding carboxylic acids is 1. The Hall–Kier alpha value is -1.88. The van der Waals surface area contributed by atoms with Crippen LogP contribution in [0.25, 0.3) is 0 Å². The van der Waals surface area contributed by atoms with Gasteiger partial charge in [-0.2, -0.15) is 0 Å². The van der Waals surface area contributed by atoms with E-state index in [1.165, 1.54) is 6.07 Å². The van der Waals surface area contributed by atoms with Gasteiger partial charge in [-0.15, -0.1) is 0 Å². The van der Waals surface area contributed by atoms with E-state index >= 15 is 0 Å². The lowest BCUT2D eigenvalue weighted by molar-refractivity contribution is 0.102. The molecule has 2 aromatic carbocycles. The smallest absolute Gasteiger partial charge is 0.255 e. The highest BCUT2D eigenvalue weighted by Crippen LogP contribution is 2.20. The molecule has 0 fully saturated rings. The summed E-state index contributed by atoms with van der Waals surface area (Å²) in [5, 5.41) is 5.61. The van der Waals surface area contributed by atoms with Crippen LogP contribution in [0.4, 0.5) is 15.8 Å². The molecule has 19 heavy (non-hydrogen) atoms. The van der Waals surface area contributed by atoms with Crippen LogP contribution in [0, 0.1) is 5.82 Å². The molecule has 0 aliphatic rings. The SMILES string of the molecule is CNc1ccc(C(=O)Nc2ccc(Br)c(F)c2)cc1. The van der Waals surface area contributed by atoms with E-state index in [9.17, 15) is 9.18 Å². The zero-order chi connectivity index (χ0) is 13.8. The molecule has 0 spiro atoms. The van der Waals surface area contributed by atoms with Gasteiger partial charge in [0.1, 0.15) is 5.82 Å². The van der Waals surface area contributed by atoms with Crippen molar-refractivity contribution in [2.75, 3.05) is 17.7 Å². The third-order valence-electron chi connectivity index (χ3n) is 2.61. The number of benzene rings is 2. The van der Waals surface area contributed by atoms with Crippen molar-refractivity contribution in [1.29, 1.82) is 0 Å². The van der Waals surface area contributed by atoms with Crippen LogP contribution < -0.4 is 10.6 Å². The molecule has 0 unspecified atom stereocenters. The number of anilines is 2. The highest BCUT2D eigenvalue weighted by Gasteiger charge is 2.07. The molecule has 2 rings (SSSR count). The lowest BCUT2D eigenvalue weighted by atomic mass is 10.2. The quantitative estimate of drug-likeness (QED) is 0.900. The van der Waals surface area contributed by atoms with Gasteiger partial charge in [-0.1, -0.05) is 0 Å². The molecule has 98 valence electrons. The van der Waals surface area contributed by atoms with Gasteiger partial charge in [0, 0.05) is 24.0 Å². The molecule has 0 atom stereocenters. The normalized spacial score (nSPS) is 10.1. The van der Waals surface area contributed by atoms with Gasteiger partial charge in [0.15, 0.2) is 0 Å². The number of carbonyl (C=O) groups is 1. The second-order valence-electron chi connectivity index (χ2n) is 3.91. The van der Waals surface area contributed by atoms with Gasteiger partial charge in [0.05, 0.1) is 4.47 Å². The molecule has 0 heterocycles. The van der Waals surface area contributed by atoms with Crippen LogP contribution in [-0.4, -0.2) is 13.0 Å². The van der Waals surface area contributed by atoms with Gasteiger partial charge in [0.25, 0.3) is 5.91 Å². The van der Waals surface area contributed by atoms with E-state index < -0.39 is 5.82 Å². The largest absolute Gasteiger partial charge is 0.388 e. The van der Waals surface area contributed by atoms with Crippen molar-refractivity contribution in [2.45, 2.75) is 0 Å². The van der Waals surface area contributed by atoms with Crippen LogP contribution in [0.5, 0.6) is 0 Å². The number of amides is 1. The predicted octanol–water partition coefficient (Wildman–Crippen LogP) is 3.88. The maximum atomic E-state index is 13.3. The average Bonchev–Trinajstić information content (AvgIpc) is 2.43. The predicted molar refractivity (Wildman–Crippen MR) is 78.0 cm³/mol. The van der Waals surface area contributed by atoms with Crippen LogP contribution in [0.1, 0.15) is 10.4 Å². The van der Waals surface area contributed by atoms with Crippen molar-refractivity contribution in [3.8, 4) is 0 Å². The van der Waals surface area contributed by atoms with E-state index in [1.807, 2.05) is 0 Å². The molecular formula is C14H12BrFN2O. The van der Waals surface area contributed by atoms with E-state index in [0.29, 0.717) is 15.7 Å². The monoisotopic (exact) mass is 322 g/mol. The van der Waals surface area contributed by atoms with E-state index in [1.54, 1.807) is 43.4 Å². The highest BCUT2D eigenvalue weighted by molar-refractivity contribution is 9.10. The van der Waals surface area contributed by atoms with Crippen LogP contribution >= 0.6 is 15.9 Å². The Balaban J connectivity index is 2.13. The van der Waals surface area contributed by atoms with Gasteiger partial charge in [-0.05, 0) is 58.4 Å². The first-order valence-corrected chi connectivity index (χ1v) is 6.43. The first kappa shape index (κ1) is 13.5. The Labute approximate surface area is 119 Å². The molecule has 0 radical (unpaired) electrons. The van der Waals surface area contributed by atoms with Crippen LogP contribution in [0.2, 0.25) is 0 Å². The maximum absolute atomic E-state index is 13.3. The Morgan fingerprint density at radius 2 is 1.74 bits per heavy atom.